The molecule has 2 saturated heterocycles. The normalized spacial score (nSPS) is 17.2. The Kier molecular flexibility index (Phi) is 7.96. The van der Waals surface area contributed by atoms with Crippen LogP contribution in [0.5, 0.6) is 0 Å². The highest BCUT2D eigenvalue weighted by Crippen LogP contribution is 2.49. The van der Waals surface area contributed by atoms with Crippen molar-refractivity contribution < 1.29 is 23.1 Å². The van der Waals surface area contributed by atoms with Crippen LogP contribution in [0.1, 0.15) is 71.1 Å². The number of primary sulfonamides is 1. The summed E-state index contributed by atoms with van der Waals surface area (Å²) in [7, 11) is -4.36. The number of carbonyl (C=O) groups is 2. The quantitative estimate of drug-likeness (QED) is 0.0727. The maximum Gasteiger partial charge on any atom is 0.238 e. The number of aliphatic hydroxyl groups excluding tert-OH is 1. The van der Waals surface area contributed by atoms with Gasteiger partial charge in [-0.05, 0) is 62.0 Å². The number of ketones is 1. The number of hydrogen-bond acceptors (Lipinski definition) is 9. The van der Waals surface area contributed by atoms with Crippen LogP contribution in [0.25, 0.3) is 10.8 Å². The number of likely N-dealkylation sites (tertiary alicyclic amines) is 1. The Morgan fingerprint density at radius 2 is 1.76 bits per heavy atom. The molecule has 4 rings (SSSR count). The molecule has 2 heterocycles. The molecule has 2 aromatic rings. The molecule has 11 nitrogen and oxygen atoms in total. The summed E-state index contributed by atoms with van der Waals surface area (Å²) in [6.07, 6.45) is 5.10. The van der Waals surface area contributed by atoms with Gasteiger partial charge < -0.3 is 31.3 Å². The molecule has 38 heavy (non-hydrogen) atoms. The highest BCUT2D eigenvalue weighted by molar-refractivity contribution is 7.89. The molecule has 2 aromatic carbocycles. The minimum absolute atomic E-state index is 0.105. The number of piperidine rings is 1. The van der Waals surface area contributed by atoms with Gasteiger partial charge in [-0.2, -0.15) is 5.10 Å². The minimum Gasteiger partial charge on any atom is -0.398 e. The summed E-state index contributed by atoms with van der Waals surface area (Å²) in [5.74, 6) is 4.94. The molecule has 0 radical (unpaired) electrons. The number of benzene rings is 2. The molecule has 2 aliphatic rings. The Balaban J connectivity index is 2.23. The third-order valence-electron chi connectivity index (χ3n) is 7.88. The maximum atomic E-state index is 13.1. The first kappa shape index (κ1) is 27.8. The molecule has 0 atom stereocenters. The largest absolute Gasteiger partial charge is 0.398 e. The number of rotatable bonds is 8. The van der Waals surface area contributed by atoms with E-state index in [1.165, 1.54) is 6.92 Å². The summed E-state index contributed by atoms with van der Waals surface area (Å²) in [4.78, 5) is 28.7. The SMILES string of the molecule is CC(=O)c1c(N)c(C)c2c(N3CCCC3)c(CC=O)c(S(N)(=O)=O)c(CO)c2c1C1CCN(C=NN)CC1. The zero-order valence-corrected chi connectivity index (χ0v) is 22.7. The van der Waals surface area contributed by atoms with Crippen molar-refractivity contribution >= 4 is 50.6 Å². The van der Waals surface area contributed by atoms with E-state index in [9.17, 15) is 23.1 Å². The van der Waals surface area contributed by atoms with Crippen molar-refractivity contribution in [3.8, 4) is 0 Å². The molecule has 0 saturated carbocycles. The van der Waals surface area contributed by atoms with Crippen LogP contribution in [0.2, 0.25) is 0 Å². The smallest absolute Gasteiger partial charge is 0.238 e. The fourth-order valence-electron chi connectivity index (χ4n) is 6.32. The number of aliphatic hydroxyl groups is 1. The number of aryl methyl sites for hydroxylation is 1. The minimum atomic E-state index is -4.36. The molecule has 0 spiro atoms. The van der Waals surface area contributed by atoms with Gasteiger partial charge in [0.15, 0.2) is 5.78 Å². The van der Waals surface area contributed by atoms with Crippen molar-refractivity contribution in [1.29, 1.82) is 0 Å². The first-order valence-electron chi connectivity index (χ1n) is 12.8. The van der Waals surface area contributed by atoms with E-state index in [1.807, 2.05) is 4.90 Å². The second-order valence-electron chi connectivity index (χ2n) is 10.1. The van der Waals surface area contributed by atoms with Crippen LogP contribution in [0.3, 0.4) is 0 Å². The molecular weight excluding hydrogens is 508 g/mol. The summed E-state index contributed by atoms with van der Waals surface area (Å²) >= 11 is 0. The molecule has 0 aliphatic carbocycles. The fraction of sp³-hybridized carbons (Fsp3) is 0.500. The van der Waals surface area contributed by atoms with Gasteiger partial charge in [-0.1, -0.05) is 0 Å². The van der Waals surface area contributed by atoms with E-state index in [2.05, 4.69) is 10.0 Å². The van der Waals surface area contributed by atoms with Gasteiger partial charge in [0, 0.05) is 66.1 Å². The van der Waals surface area contributed by atoms with Gasteiger partial charge in [-0.25, -0.2) is 13.6 Å². The van der Waals surface area contributed by atoms with Gasteiger partial charge in [0.25, 0.3) is 0 Å². The van der Waals surface area contributed by atoms with E-state index < -0.39 is 16.6 Å². The molecule has 206 valence electrons. The zero-order chi connectivity index (χ0) is 27.8. The topological polar surface area (TPSA) is 185 Å². The van der Waals surface area contributed by atoms with Crippen LogP contribution in [0.4, 0.5) is 11.4 Å². The average molecular weight is 545 g/mol. The molecule has 7 N–H and O–H groups in total. The number of nitrogens with two attached hydrogens (primary N) is 3. The van der Waals surface area contributed by atoms with Crippen LogP contribution in [-0.4, -0.2) is 63.0 Å². The number of hydrogen-bond donors (Lipinski definition) is 4. The summed E-state index contributed by atoms with van der Waals surface area (Å²) in [6.45, 7) is 5.19. The maximum absolute atomic E-state index is 13.1. The third kappa shape index (κ3) is 4.72. The summed E-state index contributed by atoms with van der Waals surface area (Å²) in [6, 6.07) is 0. The van der Waals surface area contributed by atoms with Crippen molar-refractivity contribution in [3.63, 3.8) is 0 Å². The molecule has 0 bridgehead atoms. The van der Waals surface area contributed by atoms with Crippen molar-refractivity contribution in [3.05, 3.63) is 27.8 Å². The number of fused-ring (bicyclic) bond motifs is 1. The van der Waals surface area contributed by atoms with Gasteiger partial charge in [0.05, 0.1) is 11.5 Å². The first-order valence-corrected chi connectivity index (χ1v) is 14.3. The van der Waals surface area contributed by atoms with Crippen molar-refractivity contribution in [2.24, 2.45) is 16.1 Å². The summed E-state index contributed by atoms with van der Waals surface area (Å²) < 4.78 is 26.2. The van der Waals surface area contributed by atoms with Crippen molar-refractivity contribution in [2.75, 3.05) is 36.8 Å². The van der Waals surface area contributed by atoms with E-state index in [-0.39, 0.29) is 34.1 Å². The predicted molar refractivity (Wildman–Crippen MR) is 148 cm³/mol. The van der Waals surface area contributed by atoms with Gasteiger partial charge in [-0.15, -0.1) is 0 Å². The second-order valence-corrected chi connectivity index (χ2v) is 11.6. The Bertz CT molecular complexity index is 1410. The lowest BCUT2D eigenvalue weighted by Crippen LogP contribution is -2.33. The molecule has 12 heteroatoms. The lowest BCUT2D eigenvalue weighted by atomic mass is 9.78. The highest BCUT2D eigenvalue weighted by atomic mass is 32.2. The standard InChI is InChI=1S/C26H36N6O5S/c1-15-20-23(22(21(16(2)35)24(15)27)17-5-10-31(11-6-17)14-30-28)19(13-34)26(38(29,36)37)18(7-12-33)25(20)32-8-3-4-9-32/h12,14,17,34H,3-11,13,27-28H2,1-2H3,(H2,29,36,37). The van der Waals surface area contributed by atoms with Gasteiger partial charge >= 0.3 is 0 Å². The number of Topliss-reactive ketones (excluding diaryl/α,β-unsaturated/α-hetero) is 1. The number of sulfonamides is 1. The van der Waals surface area contributed by atoms with Crippen LogP contribution < -0.4 is 21.6 Å². The average Bonchev–Trinajstić information content (AvgIpc) is 3.39. The monoisotopic (exact) mass is 544 g/mol. The summed E-state index contributed by atoms with van der Waals surface area (Å²) in [5, 5.41) is 21.2. The molecular formula is C26H36N6O5S. The second kappa shape index (κ2) is 10.9. The van der Waals surface area contributed by atoms with Crippen molar-refractivity contribution in [1.82, 2.24) is 4.90 Å². The molecule has 0 amide bonds. The van der Waals surface area contributed by atoms with E-state index in [0.29, 0.717) is 84.1 Å². The molecule has 2 fully saturated rings. The summed E-state index contributed by atoms with van der Waals surface area (Å²) in [5.41, 5.74) is 9.56. The van der Waals surface area contributed by atoms with E-state index >= 15 is 0 Å². The Labute approximate surface area is 222 Å². The fourth-order valence-corrected chi connectivity index (χ4v) is 7.35. The van der Waals surface area contributed by atoms with Crippen LogP contribution in [0, 0.1) is 6.92 Å². The molecule has 2 aliphatic heterocycles. The van der Waals surface area contributed by atoms with Crippen LogP contribution >= 0.6 is 0 Å². The number of nitrogens with zero attached hydrogens (tertiary/aromatic N) is 3. The van der Waals surface area contributed by atoms with E-state index in [1.54, 1.807) is 13.3 Å². The number of anilines is 2. The van der Waals surface area contributed by atoms with Crippen LogP contribution in [0.15, 0.2) is 10.00 Å². The van der Waals surface area contributed by atoms with Gasteiger partial charge in [-0.3, -0.25) is 4.79 Å². The van der Waals surface area contributed by atoms with E-state index in [4.69, 9.17) is 16.7 Å². The Hall–Kier alpha value is -3.22. The third-order valence-corrected chi connectivity index (χ3v) is 8.94. The molecule has 0 aromatic heterocycles. The van der Waals surface area contributed by atoms with Crippen molar-refractivity contribution in [2.45, 2.75) is 63.4 Å². The Morgan fingerprint density at radius 1 is 1.13 bits per heavy atom. The lowest BCUT2D eigenvalue weighted by Gasteiger charge is -2.35. The number of hydrazone groups is 1. The van der Waals surface area contributed by atoms with Crippen LogP contribution in [-0.2, 0) is 27.8 Å². The van der Waals surface area contributed by atoms with Gasteiger partial charge in [0.1, 0.15) is 12.6 Å². The number of carbonyl (C=O) groups excluding carboxylic acids is 2. The Morgan fingerprint density at radius 3 is 2.26 bits per heavy atom. The number of nitrogen functional groups attached to an aromatic ring is 1. The lowest BCUT2D eigenvalue weighted by molar-refractivity contribution is -0.107. The molecule has 0 unspecified atom stereocenters. The first-order chi connectivity index (χ1) is 18.1. The van der Waals surface area contributed by atoms with E-state index in [0.717, 1.165) is 12.8 Å². The predicted octanol–water partition coefficient (Wildman–Crippen LogP) is 1.50. The zero-order valence-electron chi connectivity index (χ0n) is 21.9. The number of aldehydes is 1. The highest BCUT2D eigenvalue weighted by Gasteiger charge is 2.35. The van der Waals surface area contributed by atoms with Gasteiger partial charge in [0.2, 0.25) is 10.0 Å².